The van der Waals surface area contributed by atoms with E-state index in [2.05, 4.69) is 24.0 Å². The largest absolute Gasteiger partial charge is 1.00 e. The number of para-hydroxylation sites is 1. The SMILES string of the molecule is Cc1c(COc2ccc(CCC(=O)[O-])c(F)c2)ccc2c1N(CCOc1ccccc1)CCC2.[Na+]. The van der Waals surface area contributed by atoms with Crippen LogP contribution >= 0.6 is 0 Å². The summed E-state index contributed by atoms with van der Waals surface area (Å²) in [6.45, 7) is 4.82. The van der Waals surface area contributed by atoms with Crippen LogP contribution in [0.2, 0.25) is 0 Å². The van der Waals surface area contributed by atoms with Gasteiger partial charge in [-0.15, -0.1) is 0 Å². The first-order chi connectivity index (χ1) is 16.5. The predicted octanol–water partition coefficient (Wildman–Crippen LogP) is 1.23. The Kier molecular flexibility index (Phi) is 10.0. The molecular weight excluding hydrogens is 456 g/mol. The second-order valence-corrected chi connectivity index (χ2v) is 8.52. The van der Waals surface area contributed by atoms with Crippen LogP contribution in [0.1, 0.15) is 35.1 Å². The Balaban J connectivity index is 0.00000342. The van der Waals surface area contributed by atoms with Crippen molar-refractivity contribution in [2.24, 2.45) is 0 Å². The molecule has 0 aliphatic carbocycles. The topological polar surface area (TPSA) is 61.8 Å². The van der Waals surface area contributed by atoms with Crippen LogP contribution in [0.4, 0.5) is 10.1 Å². The van der Waals surface area contributed by atoms with Gasteiger partial charge in [-0.1, -0.05) is 36.4 Å². The first kappa shape index (κ1) is 27.1. The molecule has 0 amide bonds. The molecule has 0 atom stereocenters. The molecule has 3 aromatic rings. The maximum Gasteiger partial charge on any atom is 1.00 e. The van der Waals surface area contributed by atoms with Crippen LogP contribution in [-0.2, 0) is 24.2 Å². The number of carboxylic acid groups (broad SMARTS) is 1. The molecule has 0 saturated carbocycles. The number of fused-ring (bicyclic) bond motifs is 1. The molecular formula is C28H29FNNaO4. The number of benzene rings is 3. The summed E-state index contributed by atoms with van der Waals surface area (Å²) in [6.07, 6.45) is 2.05. The molecule has 3 aromatic carbocycles. The minimum Gasteiger partial charge on any atom is -0.550 e. The third-order valence-electron chi connectivity index (χ3n) is 6.21. The van der Waals surface area contributed by atoms with Gasteiger partial charge in [0.15, 0.2) is 0 Å². The Hall–Kier alpha value is -2.54. The van der Waals surface area contributed by atoms with E-state index in [4.69, 9.17) is 9.47 Å². The summed E-state index contributed by atoms with van der Waals surface area (Å²) in [5.41, 5.74) is 5.14. The van der Waals surface area contributed by atoms with Crippen molar-refractivity contribution in [3.63, 3.8) is 0 Å². The molecule has 0 aromatic heterocycles. The van der Waals surface area contributed by atoms with Crippen molar-refractivity contribution in [1.82, 2.24) is 0 Å². The Morgan fingerprint density at radius 1 is 1.03 bits per heavy atom. The van der Waals surface area contributed by atoms with Crippen LogP contribution in [-0.4, -0.2) is 25.7 Å². The van der Waals surface area contributed by atoms with Crippen LogP contribution < -0.4 is 49.0 Å². The smallest absolute Gasteiger partial charge is 0.550 e. The van der Waals surface area contributed by atoms with E-state index in [-0.39, 0.29) is 42.4 Å². The molecule has 0 saturated heterocycles. The molecule has 0 fully saturated rings. The van der Waals surface area contributed by atoms with E-state index in [1.165, 1.54) is 22.9 Å². The Labute approximate surface area is 228 Å². The zero-order chi connectivity index (χ0) is 23.9. The van der Waals surface area contributed by atoms with Crippen LogP contribution in [0, 0.1) is 12.7 Å². The first-order valence-corrected chi connectivity index (χ1v) is 11.7. The summed E-state index contributed by atoms with van der Waals surface area (Å²) in [7, 11) is 0. The summed E-state index contributed by atoms with van der Waals surface area (Å²) in [6, 6.07) is 18.6. The van der Waals surface area contributed by atoms with Crippen molar-refractivity contribution in [2.75, 3.05) is 24.6 Å². The van der Waals surface area contributed by atoms with E-state index >= 15 is 0 Å². The number of aliphatic carboxylic acids is 1. The number of aryl methyl sites for hydroxylation is 2. The molecule has 0 radical (unpaired) electrons. The van der Waals surface area contributed by atoms with Crippen molar-refractivity contribution < 1.29 is 53.3 Å². The van der Waals surface area contributed by atoms with Gasteiger partial charge in [0.05, 0.1) is 6.54 Å². The first-order valence-electron chi connectivity index (χ1n) is 11.7. The summed E-state index contributed by atoms with van der Waals surface area (Å²) in [5.74, 6) is -0.370. The van der Waals surface area contributed by atoms with E-state index in [1.807, 2.05) is 30.3 Å². The predicted molar refractivity (Wildman–Crippen MR) is 128 cm³/mol. The number of hydrogen-bond donors (Lipinski definition) is 0. The van der Waals surface area contributed by atoms with E-state index in [9.17, 15) is 14.3 Å². The van der Waals surface area contributed by atoms with E-state index in [0.717, 1.165) is 37.2 Å². The van der Waals surface area contributed by atoms with Crippen LogP contribution in [0.3, 0.4) is 0 Å². The number of anilines is 1. The Morgan fingerprint density at radius 2 is 1.80 bits per heavy atom. The molecule has 1 aliphatic heterocycles. The number of halogens is 1. The van der Waals surface area contributed by atoms with Gasteiger partial charge in [0.2, 0.25) is 0 Å². The fourth-order valence-corrected chi connectivity index (χ4v) is 4.40. The van der Waals surface area contributed by atoms with Crippen molar-refractivity contribution in [3.05, 3.63) is 88.7 Å². The van der Waals surface area contributed by atoms with Gasteiger partial charge < -0.3 is 24.3 Å². The number of nitrogens with zero attached hydrogens (tertiary/aromatic N) is 1. The Bertz CT molecular complexity index is 1140. The number of ether oxygens (including phenoxy) is 2. The monoisotopic (exact) mass is 485 g/mol. The third kappa shape index (κ3) is 7.23. The summed E-state index contributed by atoms with van der Waals surface area (Å²) < 4.78 is 26.1. The zero-order valence-corrected chi connectivity index (χ0v) is 22.4. The molecule has 5 nitrogen and oxygen atoms in total. The van der Waals surface area contributed by atoms with Crippen molar-refractivity contribution in [1.29, 1.82) is 0 Å². The molecule has 1 aliphatic rings. The van der Waals surface area contributed by atoms with E-state index in [1.54, 1.807) is 12.1 Å². The molecule has 178 valence electrons. The number of carbonyl (C=O) groups excluding carboxylic acids is 1. The number of carbonyl (C=O) groups is 1. The fourth-order valence-electron chi connectivity index (χ4n) is 4.40. The van der Waals surface area contributed by atoms with Crippen LogP contribution in [0.25, 0.3) is 0 Å². The molecule has 7 heteroatoms. The van der Waals surface area contributed by atoms with Gasteiger partial charge >= 0.3 is 29.6 Å². The molecule has 1 heterocycles. The van der Waals surface area contributed by atoms with Gasteiger partial charge in [0, 0.05) is 24.3 Å². The average molecular weight is 486 g/mol. The standard InChI is InChI=1S/C28H30FNO4.Na/c1-20-23(19-34-25-13-11-21(26(29)18-25)12-14-27(31)32)10-9-22-6-5-15-30(28(20)22)16-17-33-24-7-3-2-4-8-24;/h2-4,7-11,13,18H,5-6,12,14-17,19H2,1H3,(H,31,32);/q;+1/p-1. The Morgan fingerprint density at radius 3 is 2.54 bits per heavy atom. The maximum absolute atomic E-state index is 14.3. The molecule has 0 unspecified atom stereocenters. The number of rotatable bonds is 10. The van der Waals surface area contributed by atoms with Crippen LogP contribution in [0.15, 0.2) is 60.7 Å². The third-order valence-corrected chi connectivity index (χ3v) is 6.21. The molecule has 0 spiro atoms. The summed E-state index contributed by atoms with van der Waals surface area (Å²) >= 11 is 0. The van der Waals surface area contributed by atoms with Crippen molar-refractivity contribution >= 4 is 11.7 Å². The molecule has 0 N–H and O–H groups in total. The van der Waals surface area contributed by atoms with Crippen molar-refractivity contribution in [3.8, 4) is 11.5 Å². The number of carboxylic acids is 1. The van der Waals surface area contributed by atoms with Gasteiger partial charge in [-0.2, -0.15) is 0 Å². The normalized spacial score (nSPS) is 12.5. The second kappa shape index (κ2) is 13.0. The summed E-state index contributed by atoms with van der Waals surface area (Å²) in [5, 5.41) is 10.6. The fraction of sp³-hybridized carbons (Fsp3) is 0.321. The van der Waals surface area contributed by atoms with Gasteiger partial charge in [0.25, 0.3) is 0 Å². The minimum absolute atomic E-state index is 0. The van der Waals surface area contributed by atoms with Gasteiger partial charge in [-0.25, -0.2) is 4.39 Å². The molecule has 35 heavy (non-hydrogen) atoms. The van der Waals surface area contributed by atoms with Crippen molar-refractivity contribution in [2.45, 2.75) is 39.2 Å². The van der Waals surface area contributed by atoms with Crippen LogP contribution in [0.5, 0.6) is 11.5 Å². The van der Waals surface area contributed by atoms with Gasteiger partial charge in [-0.05, 0) is 73.1 Å². The van der Waals surface area contributed by atoms with E-state index < -0.39 is 11.8 Å². The maximum atomic E-state index is 14.3. The minimum atomic E-state index is -1.19. The van der Waals surface area contributed by atoms with Gasteiger partial charge in [0.1, 0.15) is 30.5 Å². The molecule has 4 rings (SSSR count). The van der Waals surface area contributed by atoms with Gasteiger partial charge in [-0.3, -0.25) is 0 Å². The summed E-state index contributed by atoms with van der Waals surface area (Å²) in [4.78, 5) is 13.0. The zero-order valence-electron chi connectivity index (χ0n) is 20.4. The molecule has 0 bridgehead atoms. The van der Waals surface area contributed by atoms with E-state index in [0.29, 0.717) is 24.5 Å². The average Bonchev–Trinajstić information content (AvgIpc) is 2.83. The quantitative estimate of drug-likeness (QED) is 0.405. The number of hydrogen-bond acceptors (Lipinski definition) is 5. The second-order valence-electron chi connectivity index (χ2n) is 8.52.